The first kappa shape index (κ1) is 18.8. The van der Waals surface area contributed by atoms with Crippen molar-refractivity contribution in [2.75, 3.05) is 19.6 Å². The van der Waals surface area contributed by atoms with Gasteiger partial charge in [-0.2, -0.15) is 0 Å². The minimum Gasteiger partial charge on any atom is -0.316 e. The van der Waals surface area contributed by atoms with Gasteiger partial charge in [-0.15, -0.1) is 0 Å². The molecule has 2 aliphatic rings. The molecule has 1 aliphatic carbocycles. The molecule has 1 saturated carbocycles. The molecule has 9 heteroatoms. The Kier molecular flexibility index (Phi) is 5.79. The third-order valence-electron chi connectivity index (χ3n) is 4.59. The van der Waals surface area contributed by atoms with Crippen LogP contribution in [0.5, 0.6) is 0 Å². The standard InChI is InChI=1S/C16H25N3O4S2/c20-24(21,18-11-9-13-2-1-10-17-12-13)15-5-7-16(8-6-15)25(22,23)19-14-3-4-14/h5-8,13-14,17-19H,1-4,9-12H2. The summed E-state index contributed by atoms with van der Waals surface area (Å²) in [6.45, 7) is 2.35. The number of benzene rings is 1. The molecular weight excluding hydrogens is 362 g/mol. The molecule has 1 atom stereocenters. The number of hydrogen-bond donors (Lipinski definition) is 3. The van der Waals surface area contributed by atoms with Crippen molar-refractivity contribution in [1.82, 2.24) is 14.8 Å². The number of piperidine rings is 1. The summed E-state index contributed by atoms with van der Waals surface area (Å²) < 4.78 is 54.1. The molecule has 0 bridgehead atoms. The predicted octanol–water partition coefficient (Wildman–Crippen LogP) is 0.795. The van der Waals surface area contributed by atoms with E-state index in [2.05, 4.69) is 14.8 Å². The fraction of sp³-hybridized carbons (Fsp3) is 0.625. The molecular formula is C16H25N3O4S2. The average Bonchev–Trinajstić information content (AvgIpc) is 3.39. The lowest BCUT2D eigenvalue weighted by molar-refractivity contribution is 0.358. The van der Waals surface area contributed by atoms with Crippen molar-refractivity contribution < 1.29 is 16.8 Å². The highest BCUT2D eigenvalue weighted by Crippen LogP contribution is 2.23. The first-order valence-corrected chi connectivity index (χ1v) is 11.7. The van der Waals surface area contributed by atoms with Gasteiger partial charge in [0.25, 0.3) is 0 Å². The van der Waals surface area contributed by atoms with Crippen molar-refractivity contribution in [1.29, 1.82) is 0 Å². The minimum absolute atomic E-state index is 0.0179. The van der Waals surface area contributed by atoms with Crippen LogP contribution in [0.4, 0.5) is 0 Å². The maximum Gasteiger partial charge on any atom is 0.240 e. The van der Waals surface area contributed by atoms with E-state index < -0.39 is 20.0 Å². The van der Waals surface area contributed by atoms with Gasteiger partial charge in [0.15, 0.2) is 0 Å². The van der Waals surface area contributed by atoms with Gasteiger partial charge in [-0.3, -0.25) is 0 Å². The zero-order valence-corrected chi connectivity index (χ0v) is 15.7. The van der Waals surface area contributed by atoms with Gasteiger partial charge < -0.3 is 5.32 Å². The van der Waals surface area contributed by atoms with Gasteiger partial charge in [-0.1, -0.05) is 0 Å². The van der Waals surface area contributed by atoms with Crippen LogP contribution in [0.3, 0.4) is 0 Å². The molecule has 0 aromatic heterocycles. The Morgan fingerprint density at radius 3 is 2.16 bits per heavy atom. The second kappa shape index (κ2) is 7.71. The molecule has 0 spiro atoms. The van der Waals surface area contributed by atoms with Crippen LogP contribution >= 0.6 is 0 Å². The van der Waals surface area contributed by atoms with Crippen molar-refractivity contribution in [2.45, 2.75) is 47.9 Å². The molecule has 0 amide bonds. The second-order valence-corrected chi connectivity index (χ2v) is 10.2. The first-order valence-electron chi connectivity index (χ1n) is 8.70. The quantitative estimate of drug-likeness (QED) is 0.612. The van der Waals surface area contributed by atoms with Crippen LogP contribution in [0.1, 0.15) is 32.1 Å². The molecule has 1 aliphatic heterocycles. The molecule has 1 saturated heterocycles. The summed E-state index contributed by atoms with van der Waals surface area (Å²) in [5, 5.41) is 3.31. The van der Waals surface area contributed by atoms with E-state index in [1.807, 2.05) is 0 Å². The van der Waals surface area contributed by atoms with Gasteiger partial charge in [-0.05, 0) is 75.4 Å². The van der Waals surface area contributed by atoms with Crippen LogP contribution in [0.2, 0.25) is 0 Å². The van der Waals surface area contributed by atoms with Crippen LogP contribution in [0.15, 0.2) is 34.1 Å². The van der Waals surface area contributed by atoms with Crippen molar-refractivity contribution in [3.05, 3.63) is 24.3 Å². The highest BCUT2D eigenvalue weighted by Gasteiger charge is 2.28. The smallest absolute Gasteiger partial charge is 0.240 e. The highest BCUT2D eigenvalue weighted by molar-refractivity contribution is 7.90. The Bertz CT molecular complexity index is 781. The Balaban J connectivity index is 1.58. The second-order valence-electron chi connectivity index (χ2n) is 6.77. The Morgan fingerprint density at radius 2 is 1.60 bits per heavy atom. The third kappa shape index (κ3) is 5.24. The number of rotatable bonds is 8. The Labute approximate surface area is 149 Å². The molecule has 0 radical (unpaired) electrons. The van der Waals surface area contributed by atoms with Gasteiger partial charge >= 0.3 is 0 Å². The number of nitrogens with one attached hydrogen (secondary N) is 3. The van der Waals surface area contributed by atoms with E-state index in [1.54, 1.807) is 0 Å². The first-order chi connectivity index (χ1) is 11.9. The van der Waals surface area contributed by atoms with Crippen LogP contribution in [0, 0.1) is 5.92 Å². The normalized spacial score (nSPS) is 22.0. The van der Waals surface area contributed by atoms with Gasteiger partial charge in [0, 0.05) is 12.6 Å². The van der Waals surface area contributed by atoms with Crippen LogP contribution < -0.4 is 14.8 Å². The summed E-state index contributed by atoms with van der Waals surface area (Å²) in [5.74, 6) is 0.498. The lowest BCUT2D eigenvalue weighted by atomic mass is 9.96. The Morgan fingerprint density at radius 1 is 0.960 bits per heavy atom. The molecule has 25 heavy (non-hydrogen) atoms. The van der Waals surface area contributed by atoms with E-state index in [9.17, 15) is 16.8 Å². The highest BCUT2D eigenvalue weighted by atomic mass is 32.2. The van der Waals surface area contributed by atoms with Gasteiger partial charge in [0.2, 0.25) is 20.0 Å². The molecule has 1 heterocycles. The summed E-state index contributed by atoms with van der Waals surface area (Å²) in [5.41, 5.74) is 0. The van der Waals surface area contributed by atoms with Crippen molar-refractivity contribution in [3.63, 3.8) is 0 Å². The van der Waals surface area contributed by atoms with Crippen LogP contribution in [0.25, 0.3) is 0 Å². The van der Waals surface area contributed by atoms with Crippen molar-refractivity contribution in [3.8, 4) is 0 Å². The average molecular weight is 388 g/mol. The lowest BCUT2D eigenvalue weighted by Crippen LogP contribution is -2.33. The Hall–Kier alpha value is -1.00. The van der Waals surface area contributed by atoms with E-state index in [-0.39, 0.29) is 15.8 Å². The third-order valence-corrected chi connectivity index (χ3v) is 7.60. The van der Waals surface area contributed by atoms with Crippen LogP contribution in [-0.2, 0) is 20.0 Å². The molecule has 1 unspecified atom stereocenters. The zero-order valence-electron chi connectivity index (χ0n) is 14.1. The fourth-order valence-corrected chi connectivity index (χ4v) is 5.29. The fourth-order valence-electron chi connectivity index (χ4n) is 2.94. The monoisotopic (exact) mass is 387 g/mol. The molecule has 1 aromatic rings. The predicted molar refractivity (Wildman–Crippen MR) is 95.2 cm³/mol. The summed E-state index contributed by atoms with van der Waals surface area (Å²) in [4.78, 5) is 0.172. The molecule has 7 nitrogen and oxygen atoms in total. The lowest BCUT2D eigenvalue weighted by Gasteiger charge is -2.22. The van der Waals surface area contributed by atoms with E-state index in [4.69, 9.17) is 0 Å². The summed E-state index contributed by atoms with van der Waals surface area (Å²) >= 11 is 0. The van der Waals surface area contributed by atoms with E-state index in [1.165, 1.54) is 24.3 Å². The van der Waals surface area contributed by atoms with E-state index >= 15 is 0 Å². The zero-order chi connectivity index (χ0) is 17.9. The topological polar surface area (TPSA) is 104 Å². The van der Waals surface area contributed by atoms with E-state index in [0.29, 0.717) is 12.5 Å². The molecule has 3 N–H and O–H groups in total. The summed E-state index contributed by atoms with van der Waals surface area (Å²) in [6.07, 6.45) is 4.75. The van der Waals surface area contributed by atoms with E-state index in [0.717, 1.165) is 45.2 Å². The maximum absolute atomic E-state index is 12.3. The molecule has 3 rings (SSSR count). The van der Waals surface area contributed by atoms with Gasteiger partial charge in [0.05, 0.1) is 9.79 Å². The minimum atomic E-state index is -3.62. The maximum atomic E-state index is 12.3. The summed E-state index contributed by atoms with van der Waals surface area (Å²) in [6, 6.07) is 5.37. The van der Waals surface area contributed by atoms with Gasteiger partial charge in [0.1, 0.15) is 0 Å². The SMILES string of the molecule is O=S(=O)(NCCC1CCCNC1)c1ccc(S(=O)(=O)NC2CC2)cc1. The van der Waals surface area contributed by atoms with Crippen molar-refractivity contribution >= 4 is 20.0 Å². The number of hydrogen-bond acceptors (Lipinski definition) is 5. The van der Waals surface area contributed by atoms with Gasteiger partial charge in [-0.25, -0.2) is 26.3 Å². The van der Waals surface area contributed by atoms with Crippen LogP contribution in [-0.4, -0.2) is 42.5 Å². The van der Waals surface area contributed by atoms with Crippen molar-refractivity contribution in [2.24, 2.45) is 5.92 Å². The summed E-state index contributed by atoms with van der Waals surface area (Å²) in [7, 11) is -7.18. The molecule has 1 aromatic carbocycles. The molecule has 140 valence electrons. The molecule has 2 fully saturated rings. The largest absolute Gasteiger partial charge is 0.316 e. The number of sulfonamides is 2.